The van der Waals surface area contributed by atoms with Crippen LogP contribution in [0.1, 0.15) is 94.9 Å². The second-order valence-electron chi connectivity index (χ2n) is 10.4. The minimum Gasteiger partial charge on any atom is -0.0740 e. The van der Waals surface area contributed by atoms with Crippen LogP contribution in [-0.4, -0.2) is 0 Å². The molecule has 0 nitrogen and oxygen atoms in total. The molecular weight excluding hydrogens is 264 g/mol. The van der Waals surface area contributed by atoms with Gasteiger partial charge in [-0.2, -0.15) is 0 Å². The fraction of sp³-hybridized carbons (Fsp3) is 0.818. The van der Waals surface area contributed by atoms with E-state index in [1.807, 2.05) is 0 Å². The van der Waals surface area contributed by atoms with Gasteiger partial charge in [0.2, 0.25) is 0 Å². The van der Waals surface area contributed by atoms with E-state index in [9.17, 15) is 0 Å². The molecule has 0 radical (unpaired) electrons. The second-order valence-corrected chi connectivity index (χ2v) is 10.4. The molecule has 0 aromatic rings. The van der Waals surface area contributed by atoms with Crippen LogP contribution >= 0.6 is 0 Å². The monoisotopic (exact) mass is 304 g/mol. The van der Waals surface area contributed by atoms with Crippen molar-refractivity contribution >= 4 is 0 Å². The molecule has 0 aromatic carbocycles. The number of rotatable bonds is 3. The van der Waals surface area contributed by atoms with E-state index < -0.39 is 0 Å². The van der Waals surface area contributed by atoms with Crippen molar-refractivity contribution in [3.05, 3.63) is 23.3 Å². The van der Waals surface area contributed by atoms with E-state index in [1.165, 1.54) is 19.3 Å². The van der Waals surface area contributed by atoms with Crippen LogP contribution in [0.2, 0.25) is 0 Å². The molecular formula is C22H40. The molecule has 0 aliphatic heterocycles. The van der Waals surface area contributed by atoms with Gasteiger partial charge in [-0.25, -0.2) is 0 Å². The van der Waals surface area contributed by atoms with Gasteiger partial charge in [-0.1, -0.05) is 105 Å². The molecule has 0 bridgehead atoms. The Morgan fingerprint density at radius 2 is 1.23 bits per heavy atom. The zero-order valence-electron chi connectivity index (χ0n) is 17.0. The van der Waals surface area contributed by atoms with Crippen molar-refractivity contribution in [1.29, 1.82) is 0 Å². The molecule has 0 saturated carbocycles. The van der Waals surface area contributed by atoms with E-state index in [1.54, 1.807) is 11.1 Å². The topological polar surface area (TPSA) is 0 Å². The number of hydrogen-bond donors (Lipinski definition) is 0. The van der Waals surface area contributed by atoms with Gasteiger partial charge in [0, 0.05) is 5.41 Å². The van der Waals surface area contributed by atoms with Gasteiger partial charge in [0.1, 0.15) is 0 Å². The Hall–Kier alpha value is -0.520. The number of allylic oxidation sites excluding steroid dienone is 4. The molecule has 1 aliphatic carbocycles. The first-order valence-electron chi connectivity index (χ1n) is 9.17. The summed E-state index contributed by atoms with van der Waals surface area (Å²) in [5.74, 6) is 0. The van der Waals surface area contributed by atoms with Crippen LogP contribution in [0.5, 0.6) is 0 Å². The highest BCUT2D eigenvalue weighted by Gasteiger charge is 2.42. The third kappa shape index (κ3) is 4.27. The Balaban J connectivity index is 3.49. The van der Waals surface area contributed by atoms with Crippen molar-refractivity contribution in [3.63, 3.8) is 0 Å². The summed E-state index contributed by atoms with van der Waals surface area (Å²) in [7, 11) is 0. The van der Waals surface area contributed by atoms with Gasteiger partial charge >= 0.3 is 0 Å². The maximum absolute atomic E-state index is 2.65. The van der Waals surface area contributed by atoms with Crippen LogP contribution in [-0.2, 0) is 0 Å². The highest BCUT2D eigenvalue weighted by Crippen LogP contribution is 2.54. The summed E-state index contributed by atoms with van der Waals surface area (Å²) < 4.78 is 0. The molecule has 0 atom stereocenters. The van der Waals surface area contributed by atoms with E-state index in [0.717, 1.165) is 6.42 Å². The van der Waals surface area contributed by atoms with Gasteiger partial charge in [0.15, 0.2) is 0 Å². The molecule has 1 aliphatic rings. The number of hydrogen-bond acceptors (Lipinski definition) is 0. The Bertz CT molecular complexity index is 408. The molecule has 0 heteroatoms. The summed E-state index contributed by atoms with van der Waals surface area (Å²) in [6, 6.07) is 0. The van der Waals surface area contributed by atoms with E-state index in [2.05, 4.69) is 81.4 Å². The zero-order valence-corrected chi connectivity index (χ0v) is 17.0. The largest absolute Gasteiger partial charge is 0.0740 e. The van der Waals surface area contributed by atoms with Crippen molar-refractivity contribution in [1.82, 2.24) is 0 Å². The average Bonchev–Trinajstić information content (AvgIpc) is 2.32. The van der Waals surface area contributed by atoms with Crippen molar-refractivity contribution in [3.8, 4) is 0 Å². The minimum absolute atomic E-state index is 0.201. The summed E-state index contributed by atoms with van der Waals surface area (Å²) in [6.45, 7) is 23.8. The Labute approximate surface area is 140 Å². The van der Waals surface area contributed by atoms with Crippen molar-refractivity contribution in [2.24, 2.45) is 21.7 Å². The molecule has 1 rings (SSSR count). The van der Waals surface area contributed by atoms with Crippen LogP contribution in [0.15, 0.2) is 23.3 Å². The predicted octanol–water partition coefficient (Wildman–Crippen LogP) is 7.56. The van der Waals surface area contributed by atoms with Crippen LogP contribution in [0.3, 0.4) is 0 Å². The third-order valence-electron chi connectivity index (χ3n) is 5.51. The standard InChI is InChI=1S/C22H40/c1-11-12-13-22(21(8,9)10)15-17(19(2,3)4)14-18(16-22)20(5,6)7/h15-16H,11-14H2,1-10H3. The lowest BCUT2D eigenvalue weighted by atomic mass is 9.57. The molecule has 0 saturated heterocycles. The molecule has 128 valence electrons. The van der Waals surface area contributed by atoms with Gasteiger partial charge < -0.3 is 0 Å². The maximum atomic E-state index is 2.65. The molecule has 22 heavy (non-hydrogen) atoms. The maximum Gasteiger partial charge on any atom is 0.0115 e. The van der Waals surface area contributed by atoms with Crippen LogP contribution in [0.25, 0.3) is 0 Å². The lowest BCUT2D eigenvalue weighted by molar-refractivity contribution is 0.175. The first-order chi connectivity index (χ1) is 9.73. The summed E-state index contributed by atoms with van der Waals surface area (Å²) in [5.41, 5.74) is 4.24. The summed E-state index contributed by atoms with van der Waals surface area (Å²) in [6.07, 6.45) is 10.3. The van der Waals surface area contributed by atoms with Crippen LogP contribution < -0.4 is 0 Å². The fourth-order valence-corrected chi connectivity index (χ4v) is 3.36. The second kappa shape index (κ2) is 6.17. The quantitative estimate of drug-likeness (QED) is 0.472. The molecule has 0 unspecified atom stereocenters. The van der Waals surface area contributed by atoms with Gasteiger partial charge in [0.25, 0.3) is 0 Å². The van der Waals surface area contributed by atoms with Gasteiger partial charge in [-0.15, -0.1) is 0 Å². The van der Waals surface area contributed by atoms with Gasteiger partial charge in [-0.05, 0) is 29.1 Å². The molecule has 0 aromatic heterocycles. The lowest BCUT2D eigenvalue weighted by Gasteiger charge is -2.47. The van der Waals surface area contributed by atoms with E-state index in [4.69, 9.17) is 0 Å². The SMILES string of the molecule is CCCCC1(C(C)(C)C)C=C(C(C)(C)C)CC(C(C)(C)C)=C1. The highest BCUT2D eigenvalue weighted by atomic mass is 14.5. The highest BCUT2D eigenvalue weighted by molar-refractivity contribution is 5.36. The Morgan fingerprint density at radius 3 is 1.50 bits per heavy atom. The smallest absolute Gasteiger partial charge is 0.0115 e. The van der Waals surface area contributed by atoms with Crippen molar-refractivity contribution < 1.29 is 0 Å². The van der Waals surface area contributed by atoms with Gasteiger partial charge in [-0.3, -0.25) is 0 Å². The first kappa shape index (κ1) is 19.5. The van der Waals surface area contributed by atoms with E-state index in [-0.39, 0.29) is 21.7 Å². The summed E-state index contributed by atoms with van der Waals surface area (Å²) >= 11 is 0. The molecule has 0 spiro atoms. The van der Waals surface area contributed by atoms with Crippen LogP contribution in [0.4, 0.5) is 0 Å². The van der Waals surface area contributed by atoms with E-state index >= 15 is 0 Å². The van der Waals surface area contributed by atoms with Crippen molar-refractivity contribution in [2.45, 2.75) is 94.9 Å². The Morgan fingerprint density at radius 1 is 0.818 bits per heavy atom. The van der Waals surface area contributed by atoms with E-state index in [0.29, 0.717) is 0 Å². The minimum atomic E-state index is 0.201. The lowest BCUT2D eigenvalue weighted by Crippen LogP contribution is -2.37. The van der Waals surface area contributed by atoms with Crippen LogP contribution in [0, 0.1) is 21.7 Å². The molecule has 0 heterocycles. The molecule has 0 N–H and O–H groups in total. The predicted molar refractivity (Wildman–Crippen MR) is 101 cm³/mol. The normalized spacial score (nSPS) is 19.7. The first-order valence-corrected chi connectivity index (χ1v) is 9.17. The summed E-state index contributed by atoms with van der Waals surface area (Å²) in [4.78, 5) is 0. The molecule has 0 fully saturated rings. The summed E-state index contributed by atoms with van der Waals surface area (Å²) in [5, 5.41) is 0. The number of unbranched alkanes of at least 4 members (excludes halogenated alkanes) is 1. The van der Waals surface area contributed by atoms with Crippen molar-refractivity contribution in [2.75, 3.05) is 0 Å². The Kier molecular flexibility index (Phi) is 5.48. The average molecular weight is 305 g/mol. The third-order valence-corrected chi connectivity index (χ3v) is 5.51. The fourth-order valence-electron chi connectivity index (χ4n) is 3.36. The molecule has 0 amide bonds. The van der Waals surface area contributed by atoms with Gasteiger partial charge in [0.05, 0.1) is 0 Å². The zero-order chi connectivity index (χ0) is 17.4.